The molecule has 10 nitrogen and oxygen atoms in total. The molecular formula is C19H17ClN6O4. The highest BCUT2D eigenvalue weighted by molar-refractivity contribution is 6.30. The summed E-state index contributed by atoms with van der Waals surface area (Å²) in [5.74, 6) is 0.278. The van der Waals surface area contributed by atoms with E-state index >= 15 is 0 Å². The molecule has 0 spiro atoms. The van der Waals surface area contributed by atoms with E-state index in [0.29, 0.717) is 34.8 Å². The number of benzene rings is 1. The van der Waals surface area contributed by atoms with Crippen LogP contribution in [0.5, 0.6) is 5.75 Å². The topological polar surface area (TPSA) is 110 Å². The van der Waals surface area contributed by atoms with Crippen LogP contribution in [0.4, 0.5) is 0 Å². The lowest BCUT2D eigenvalue weighted by atomic mass is 9.89. The van der Waals surface area contributed by atoms with Crippen LogP contribution in [0.1, 0.15) is 24.8 Å². The number of imidazole rings is 1. The van der Waals surface area contributed by atoms with Crippen molar-refractivity contribution in [2.24, 2.45) is 7.05 Å². The highest BCUT2D eigenvalue weighted by Gasteiger charge is 2.35. The molecule has 11 heteroatoms. The molecule has 154 valence electrons. The molecular weight excluding hydrogens is 412 g/mol. The summed E-state index contributed by atoms with van der Waals surface area (Å²) in [6, 6.07) is 7.07. The van der Waals surface area contributed by atoms with Gasteiger partial charge in [-0.15, -0.1) is 5.10 Å². The van der Waals surface area contributed by atoms with Crippen molar-refractivity contribution in [3.05, 3.63) is 68.7 Å². The molecule has 0 radical (unpaired) electrons. The zero-order valence-corrected chi connectivity index (χ0v) is 16.7. The largest absolute Gasteiger partial charge is 0.490 e. The fourth-order valence-corrected chi connectivity index (χ4v) is 3.70. The van der Waals surface area contributed by atoms with E-state index in [1.165, 1.54) is 21.9 Å². The Kier molecular flexibility index (Phi) is 4.43. The summed E-state index contributed by atoms with van der Waals surface area (Å²) in [5, 5.41) is 4.87. The third kappa shape index (κ3) is 3.28. The maximum absolute atomic E-state index is 12.6. The maximum Gasteiger partial charge on any atom is 0.437 e. The monoisotopic (exact) mass is 428 g/mol. The molecule has 1 aliphatic carbocycles. The fraction of sp³-hybridized carbons (Fsp3) is 0.316. The summed E-state index contributed by atoms with van der Waals surface area (Å²) in [6.45, 7) is 0.00432. The van der Waals surface area contributed by atoms with Gasteiger partial charge in [-0.1, -0.05) is 17.7 Å². The Balaban J connectivity index is 1.29. The highest BCUT2D eigenvalue weighted by Crippen LogP contribution is 2.34. The molecule has 0 bridgehead atoms. The molecule has 0 N–H and O–H groups in total. The third-order valence-electron chi connectivity index (χ3n) is 5.13. The van der Waals surface area contributed by atoms with E-state index in [1.54, 1.807) is 23.7 Å². The number of nitrogens with zero attached hydrogens (tertiary/aromatic N) is 6. The first-order chi connectivity index (χ1) is 14.5. The van der Waals surface area contributed by atoms with E-state index in [9.17, 15) is 9.59 Å². The number of hydrogen-bond acceptors (Lipinski definition) is 7. The van der Waals surface area contributed by atoms with Crippen LogP contribution >= 0.6 is 11.6 Å². The number of ether oxygens (including phenoxy) is 1. The van der Waals surface area contributed by atoms with Crippen molar-refractivity contribution < 1.29 is 9.15 Å². The number of aryl methyl sites for hydroxylation is 1. The van der Waals surface area contributed by atoms with Crippen LogP contribution in [0.3, 0.4) is 0 Å². The van der Waals surface area contributed by atoms with Gasteiger partial charge in [0, 0.05) is 24.9 Å². The smallest absolute Gasteiger partial charge is 0.437 e. The Morgan fingerprint density at radius 1 is 1.23 bits per heavy atom. The molecule has 3 heterocycles. The van der Waals surface area contributed by atoms with Crippen LogP contribution in [-0.2, 0) is 13.6 Å². The summed E-state index contributed by atoms with van der Waals surface area (Å²) in [6.07, 6.45) is 4.12. The van der Waals surface area contributed by atoms with Crippen molar-refractivity contribution in [2.45, 2.75) is 31.5 Å². The number of fused-ring (bicyclic) bond motifs is 1. The summed E-state index contributed by atoms with van der Waals surface area (Å²) in [4.78, 5) is 33.1. The van der Waals surface area contributed by atoms with E-state index in [0.717, 1.165) is 0 Å². The second kappa shape index (κ2) is 7.13. The van der Waals surface area contributed by atoms with E-state index < -0.39 is 5.76 Å². The van der Waals surface area contributed by atoms with Gasteiger partial charge in [0.05, 0.1) is 12.4 Å². The lowest BCUT2D eigenvalue weighted by Crippen LogP contribution is -2.39. The van der Waals surface area contributed by atoms with Gasteiger partial charge in [0.25, 0.3) is 5.56 Å². The van der Waals surface area contributed by atoms with Crippen molar-refractivity contribution in [1.29, 1.82) is 0 Å². The van der Waals surface area contributed by atoms with E-state index in [4.69, 9.17) is 20.8 Å². The van der Waals surface area contributed by atoms with Gasteiger partial charge >= 0.3 is 5.76 Å². The van der Waals surface area contributed by atoms with Crippen LogP contribution in [0.15, 0.2) is 50.9 Å². The molecule has 1 fully saturated rings. The zero-order valence-electron chi connectivity index (χ0n) is 15.9. The third-order valence-corrected chi connectivity index (χ3v) is 5.37. The molecule has 0 unspecified atom stereocenters. The molecule has 4 aromatic rings. The van der Waals surface area contributed by atoms with E-state index in [2.05, 4.69) is 15.1 Å². The van der Waals surface area contributed by atoms with Crippen molar-refractivity contribution in [3.63, 3.8) is 0 Å². The molecule has 0 amide bonds. The Labute approximate surface area is 174 Å². The molecule has 0 atom stereocenters. The summed E-state index contributed by atoms with van der Waals surface area (Å²) in [7, 11) is 1.72. The Bertz CT molecular complexity index is 1350. The predicted molar refractivity (Wildman–Crippen MR) is 107 cm³/mol. The first kappa shape index (κ1) is 18.6. The van der Waals surface area contributed by atoms with Crippen molar-refractivity contribution in [3.8, 4) is 5.75 Å². The van der Waals surface area contributed by atoms with Gasteiger partial charge in [0.2, 0.25) is 5.89 Å². The van der Waals surface area contributed by atoms with Crippen molar-refractivity contribution in [2.75, 3.05) is 0 Å². The lowest BCUT2D eigenvalue weighted by molar-refractivity contribution is 0.0616. The Morgan fingerprint density at radius 2 is 2.03 bits per heavy atom. The fourth-order valence-electron chi connectivity index (χ4n) is 3.52. The molecule has 0 aliphatic heterocycles. The van der Waals surface area contributed by atoms with Crippen molar-refractivity contribution in [1.82, 2.24) is 28.9 Å². The van der Waals surface area contributed by atoms with Gasteiger partial charge < -0.3 is 13.7 Å². The maximum atomic E-state index is 12.6. The highest BCUT2D eigenvalue weighted by atomic mass is 35.5. The Hall–Kier alpha value is -3.40. The summed E-state index contributed by atoms with van der Waals surface area (Å²) in [5.41, 5.74) is 0.459. The minimum absolute atomic E-state index is 0.00432. The molecule has 1 saturated carbocycles. The van der Waals surface area contributed by atoms with Gasteiger partial charge in [-0.3, -0.25) is 9.36 Å². The van der Waals surface area contributed by atoms with Gasteiger partial charge in [-0.25, -0.2) is 14.8 Å². The minimum atomic E-state index is -0.557. The molecule has 1 aromatic carbocycles. The lowest BCUT2D eigenvalue weighted by Gasteiger charge is -2.34. The number of rotatable bonds is 5. The van der Waals surface area contributed by atoms with Crippen LogP contribution < -0.4 is 16.1 Å². The van der Waals surface area contributed by atoms with Gasteiger partial charge in [-0.2, -0.15) is 4.68 Å². The predicted octanol–water partition coefficient (Wildman–Crippen LogP) is 1.76. The number of aromatic nitrogens is 6. The summed E-state index contributed by atoms with van der Waals surface area (Å²) < 4.78 is 15.4. The SMILES string of the molecule is Cn1cnc2ncn(Cc3nn(C4CC(Oc5cccc(Cl)c5)C4)c(=O)o3)c(=O)c21. The quantitative estimate of drug-likeness (QED) is 0.476. The number of hydrogen-bond donors (Lipinski definition) is 0. The average Bonchev–Trinajstić information content (AvgIpc) is 3.23. The first-order valence-corrected chi connectivity index (χ1v) is 9.73. The van der Waals surface area contributed by atoms with Crippen LogP contribution in [0, 0.1) is 0 Å². The van der Waals surface area contributed by atoms with Gasteiger partial charge in [0.1, 0.15) is 24.7 Å². The minimum Gasteiger partial charge on any atom is -0.490 e. The molecule has 5 rings (SSSR count). The van der Waals surface area contributed by atoms with Gasteiger partial charge in [-0.05, 0) is 18.2 Å². The van der Waals surface area contributed by atoms with Crippen LogP contribution in [0.25, 0.3) is 11.2 Å². The van der Waals surface area contributed by atoms with E-state index in [1.807, 2.05) is 12.1 Å². The zero-order chi connectivity index (χ0) is 20.8. The summed E-state index contributed by atoms with van der Waals surface area (Å²) >= 11 is 5.97. The number of halogens is 1. The first-order valence-electron chi connectivity index (χ1n) is 9.35. The Morgan fingerprint density at radius 3 is 2.83 bits per heavy atom. The molecule has 0 saturated heterocycles. The standard InChI is InChI=1S/C19H17ClN6O4/c1-24-9-21-17-16(24)18(27)25(10-22-17)8-15-23-26(19(28)30-15)12-6-14(7-12)29-13-4-2-3-11(20)5-13/h2-5,9-10,12,14H,6-8H2,1H3. The molecule has 3 aromatic heterocycles. The van der Waals surface area contributed by atoms with Gasteiger partial charge in [0.15, 0.2) is 11.2 Å². The normalized spacial score (nSPS) is 18.5. The average molecular weight is 429 g/mol. The van der Waals surface area contributed by atoms with Crippen LogP contribution in [-0.4, -0.2) is 35.0 Å². The van der Waals surface area contributed by atoms with E-state index in [-0.39, 0.29) is 30.1 Å². The second-order valence-electron chi connectivity index (χ2n) is 7.23. The van der Waals surface area contributed by atoms with Crippen molar-refractivity contribution >= 4 is 22.8 Å². The molecule has 1 aliphatic rings. The molecule has 30 heavy (non-hydrogen) atoms. The second-order valence-corrected chi connectivity index (χ2v) is 7.67. The van der Waals surface area contributed by atoms with Crippen LogP contribution in [0.2, 0.25) is 5.02 Å².